The molecule has 0 aliphatic heterocycles. The van der Waals surface area contributed by atoms with Crippen LogP contribution in [0, 0.1) is 6.92 Å². The minimum Gasteiger partial charge on any atom is -0.351 e. The lowest BCUT2D eigenvalue weighted by Gasteiger charge is -2.13. The van der Waals surface area contributed by atoms with Gasteiger partial charge in [0.05, 0.1) is 11.8 Å². The number of halogens is 3. The average Bonchev–Trinajstić information content (AvgIpc) is 3.66. The smallest absolute Gasteiger partial charge is 0.351 e. The Kier molecular flexibility index (Phi) is 5.70. The molecule has 36 heavy (non-hydrogen) atoms. The maximum atomic E-state index is 13.2. The highest BCUT2D eigenvalue weighted by atomic mass is 19.4. The van der Waals surface area contributed by atoms with Crippen LogP contribution in [0.1, 0.15) is 34.3 Å². The third-order valence-corrected chi connectivity index (χ3v) is 5.92. The molecule has 0 saturated heterocycles. The molecular weight excluding hydrogens is 473 g/mol. The minimum atomic E-state index is -4.56. The van der Waals surface area contributed by atoms with E-state index in [1.54, 1.807) is 38.4 Å². The number of nitrogens with one attached hydrogen (secondary N) is 2. The number of amides is 1. The van der Waals surface area contributed by atoms with Crippen molar-refractivity contribution in [2.24, 2.45) is 7.05 Å². The second-order valence-corrected chi connectivity index (χ2v) is 8.71. The van der Waals surface area contributed by atoms with Gasteiger partial charge in [-0.15, -0.1) is 0 Å². The predicted octanol–water partition coefficient (Wildman–Crippen LogP) is 4.54. The van der Waals surface area contributed by atoms with Gasteiger partial charge in [-0.05, 0) is 55.7 Å². The summed E-state index contributed by atoms with van der Waals surface area (Å²) >= 11 is 0. The van der Waals surface area contributed by atoms with E-state index in [4.69, 9.17) is 0 Å². The lowest BCUT2D eigenvalue weighted by atomic mass is 10.0. The van der Waals surface area contributed by atoms with Gasteiger partial charge in [-0.3, -0.25) is 14.2 Å². The van der Waals surface area contributed by atoms with Gasteiger partial charge in [-0.2, -0.15) is 18.2 Å². The number of carbonyl (C=O) groups is 1. The second kappa shape index (κ2) is 8.74. The van der Waals surface area contributed by atoms with Crippen LogP contribution in [-0.4, -0.2) is 31.5 Å². The van der Waals surface area contributed by atoms with E-state index in [0.29, 0.717) is 34.4 Å². The number of hydrogen-bond acceptors (Lipinski definition) is 6. The van der Waals surface area contributed by atoms with E-state index < -0.39 is 17.6 Å². The predicted molar refractivity (Wildman–Crippen MR) is 129 cm³/mol. The zero-order valence-corrected chi connectivity index (χ0v) is 19.3. The van der Waals surface area contributed by atoms with Gasteiger partial charge in [0.1, 0.15) is 11.2 Å². The normalized spacial score (nSPS) is 13.6. The molecule has 1 aliphatic carbocycles. The number of carbonyl (C=O) groups excluding carboxylic acids is 1. The monoisotopic (exact) mass is 494 g/mol. The van der Waals surface area contributed by atoms with E-state index in [9.17, 15) is 22.8 Å². The van der Waals surface area contributed by atoms with Gasteiger partial charge in [0.15, 0.2) is 5.65 Å². The lowest BCUT2D eigenvalue weighted by Crippen LogP contribution is -2.22. The van der Waals surface area contributed by atoms with Crippen molar-refractivity contribution >= 4 is 28.7 Å². The summed E-state index contributed by atoms with van der Waals surface area (Å²) in [6.07, 6.45) is -0.910. The molecule has 0 bridgehead atoms. The van der Waals surface area contributed by atoms with E-state index in [1.807, 2.05) is 0 Å². The van der Waals surface area contributed by atoms with Crippen molar-refractivity contribution in [1.29, 1.82) is 0 Å². The van der Waals surface area contributed by atoms with E-state index in [1.165, 1.54) is 16.7 Å². The molecule has 1 fully saturated rings. The maximum Gasteiger partial charge on any atom is 0.416 e. The number of anilines is 2. The topological polar surface area (TPSA) is 102 Å². The Bertz CT molecular complexity index is 1560. The highest BCUT2D eigenvalue weighted by molar-refractivity contribution is 6.04. The van der Waals surface area contributed by atoms with Crippen LogP contribution in [0.15, 0.2) is 53.5 Å². The van der Waals surface area contributed by atoms with Crippen LogP contribution in [0.3, 0.4) is 0 Å². The van der Waals surface area contributed by atoms with Gasteiger partial charge in [-0.1, -0.05) is 12.1 Å². The first-order chi connectivity index (χ1) is 17.1. The van der Waals surface area contributed by atoms with Crippen LogP contribution in [0.25, 0.3) is 22.4 Å². The molecule has 0 atom stereocenters. The largest absolute Gasteiger partial charge is 0.416 e. The van der Waals surface area contributed by atoms with E-state index >= 15 is 0 Å². The third kappa shape index (κ3) is 4.64. The molecule has 0 unspecified atom stereocenters. The lowest BCUT2D eigenvalue weighted by molar-refractivity contribution is -0.137. The molecule has 5 rings (SSSR count). The molecule has 8 nitrogen and oxygen atoms in total. The number of aryl methyl sites for hydroxylation is 2. The summed E-state index contributed by atoms with van der Waals surface area (Å²) in [5.41, 5.74) is 1.01. The summed E-state index contributed by atoms with van der Waals surface area (Å²) in [6, 6.07) is 9.38. The molecule has 4 aromatic rings. The first kappa shape index (κ1) is 23.5. The molecule has 2 aromatic carbocycles. The summed E-state index contributed by atoms with van der Waals surface area (Å²) < 4.78 is 40.5. The number of benzene rings is 2. The van der Waals surface area contributed by atoms with Gasteiger partial charge in [0, 0.05) is 29.9 Å². The van der Waals surface area contributed by atoms with Gasteiger partial charge < -0.3 is 10.6 Å². The molecule has 2 N–H and O–H groups in total. The Morgan fingerprint density at radius 1 is 1.11 bits per heavy atom. The highest BCUT2D eigenvalue weighted by Crippen LogP contribution is 2.30. The number of hydrogen-bond donors (Lipinski definition) is 2. The molecule has 1 aliphatic rings. The van der Waals surface area contributed by atoms with Crippen LogP contribution < -0.4 is 16.2 Å². The van der Waals surface area contributed by atoms with Crippen molar-refractivity contribution < 1.29 is 18.0 Å². The standard InChI is InChI=1S/C25H21F3N6O2/c1-13-6-7-17(30-22(35)14-4-3-5-15(10-14)25(26,27)28)11-18(13)20-23(36)34(2)21-19(32-20)12-29-24(33-21)31-16-8-9-16/h3-7,10-12,16H,8-9H2,1-2H3,(H,30,35)(H,29,31,33). The van der Waals surface area contributed by atoms with Gasteiger partial charge in [0.25, 0.3) is 11.5 Å². The molecule has 184 valence electrons. The Hall–Kier alpha value is -4.28. The Morgan fingerprint density at radius 3 is 2.61 bits per heavy atom. The van der Waals surface area contributed by atoms with E-state index in [0.717, 1.165) is 30.5 Å². The van der Waals surface area contributed by atoms with Crippen LogP contribution in [0.2, 0.25) is 0 Å². The Balaban J connectivity index is 1.48. The van der Waals surface area contributed by atoms with Crippen molar-refractivity contribution in [1.82, 2.24) is 19.5 Å². The molecule has 0 spiro atoms. The summed E-state index contributed by atoms with van der Waals surface area (Å²) in [5.74, 6) is -0.274. The number of alkyl halides is 3. The molecule has 1 amide bonds. The van der Waals surface area contributed by atoms with Crippen molar-refractivity contribution in [3.05, 3.63) is 75.7 Å². The fourth-order valence-corrected chi connectivity index (χ4v) is 3.77. The summed E-state index contributed by atoms with van der Waals surface area (Å²) in [5, 5.41) is 5.79. The molecule has 0 radical (unpaired) electrons. The molecule has 2 aromatic heterocycles. The van der Waals surface area contributed by atoms with Crippen LogP contribution in [0.5, 0.6) is 0 Å². The molecular formula is C25H21F3N6O2. The molecule has 2 heterocycles. The van der Waals surface area contributed by atoms with Gasteiger partial charge in [-0.25, -0.2) is 9.97 Å². The zero-order valence-electron chi connectivity index (χ0n) is 19.3. The number of fused-ring (bicyclic) bond motifs is 1. The summed E-state index contributed by atoms with van der Waals surface area (Å²) in [4.78, 5) is 39.1. The SMILES string of the molecule is Cc1ccc(NC(=O)c2cccc(C(F)(F)F)c2)cc1-c1nc2cnc(NC3CC3)nc2n(C)c1=O. The van der Waals surface area contributed by atoms with Gasteiger partial charge in [0.2, 0.25) is 5.95 Å². The summed E-state index contributed by atoms with van der Waals surface area (Å²) in [6.45, 7) is 1.79. The third-order valence-electron chi connectivity index (χ3n) is 5.92. The average molecular weight is 494 g/mol. The van der Waals surface area contributed by atoms with Crippen LogP contribution in [0.4, 0.5) is 24.8 Å². The molecule has 1 saturated carbocycles. The fourth-order valence-electron chi connectivity index (χ4n) is 3.77. The maximum absolute atomic E-state index is 13.2. The number of aromatic nitrogens is 4. The first-order valence-corrected chi connectivity index (χ1v) is 11.2. The fraction of sp³-hybridized carbons (Fsp3) is 0.240. The van der Waals surface area contributed by atoms with Crippen molar-refractivity contribution in [3.63, 3.8) is 0 Å². The van der Waals surface area contributed by atoms with Crippen LogP contribution in [-0.2, 0) is 13.2 Å². The van der Waals surface area contributed by atoms with Crippen molar-refractivity contribution in [2.75, 3.05) is 10.6 Å². The zero-order chi connectivity index (χ0) is 25.6. The number of nitrogens with zero attached hydrogens (tertiary/aromatic N) is 4. The van der Waals surface area contributed by atoms with Crippen molar-refractivity contribution in [3.8, 4) is 11.3 Å². The molecule has 11 heteroatoms. The second-order valence-electron chi connectivity index (χ2n) is 8.71. The summed E-state index contributed by atoms with van der Waals surface area (Å²) in [7, 11) is 1.60. The quantitative estimate of drug-likeness (QED) is 0.422. The van der Waals surface area contributed by atoms with E-state index in [2.05, 4.69) is 25.6 Å². The number of rotatable bonds is 5. The van der Waals surface area contributed by atoms with Crippen LogP contribution >= 0.6 is 0 Å². The van der Waals surface area contributed by atoms with Gasteiger partial charge >= 0.3 is 6.18 Å². The minimum absolute atomic E-state index is 0.139. The van der Waals surface area contributed by atoms with E-state index in [-0.39, 0.29) is 16.8 Å². The first-order valence-electron chi connectivity index (χ1n) is 11.2. The Morgan fingerprint density at radius 2 is 1.89 bits per heavy atom. The van der Waals surface area contributed by atoms with Crippen molar-refractivity contribution in [2.45, 2.75) is 32.0 Å². The highest BCUT2D eigenvalue weighted by Gasteiger charge is 2.31. The Labute approximate surface area is 203 Å².